The molecular formula is C51H32N4OS. The van der Waals surface area contributed by atoms with E-state index in [-0.39, 0.29) is 6.17 Å². The van der Waals surface area contributed by atoms with Gasteiger partial charge in [0.1, 0.15) is 23.2 Å². The van der Waals surface area contributed by atoms with Gasteiger partial charge >= 0.3 is 0 Å². The van der Waals surface area contributed by atoms with Crippen LogP contribution in [-0.4, -0.2) is 16.2 Å². The topological polar surface area (TPSA) is 54.8 Å². The lowest BCUT2D eigenvalue weighted by atomic mass is 9.98. The van der Waals surface area contributed by atoms with E-state index in [2.05, 4.69) is 155 Å². The van der Waals surface area contributed by atoms with Gasteiger partial charge in [0.05, 0.1) is 16.7 Å². The minimum absolute atomic E-state index is 0.383. The molecule has 1 aliphatic heterocycles. The number of nitrogens with one attached hydrogen (secondary N) is 1. The monoisotopic (exact) mass is 748 g/mol. The number of amidine groups is 2. The molecule has 0 spiro atoms. The van der Waals surface area contributed by atoms with Crippen molar-refractivity contribution in [3.05, 3.63) is 199 Å². The van der Waals surface area contributed by atoms with Crippen molar-refractivity contribution in [2.24, 2.45) is 9.98 Å². The SMILES string of the molecule is c1ccc(C2=NC(c3cccc4oc5ccc(-c6cccc7c6sc6cccc(-n8c9ccccc9c9ccccc98)c67)cc5c34)NC(c3ccccc3)=N2)cc1. The van der Waals surface area contributed by atoms with Crippen molar-refractivity contribution in [3.63, 3.8) is 0 Å². The number of rotatable bonds is 5. The number of fused-ring (bicyclic) bond motifs is 9. The van der Waals surface area contributed by atoms with Crippen LogP contribution in [0.4, 0.5) is 0 Å². The van der Waals surface area contributed by atoms with E-state index in [0.29, 0.717) is 5.84 Å². The summed E-state index contributed by atoms with van der Waals surface area (Å²) in [5.74, 6) is 1.48. The van der Waals surface area contributed by atoms with E-state index in [4.69, 9.17) is 14.4 Å². The van der Waals surface area contributed by atoms with E-state index in [1.54, 1.807) is 0 Å². The van der Waals surface area contributed by atoms with Gasteiger partial charge in [-0.1, -0.05) is 140 Å². The Balaban J connectivity index is 1.03. The smallest absolute Gasteiger partial charge is 0.159 e. The average molecular weight is 749 g/mol. The molecule has 5 nitrogen and oxygen atoms in total. The van der Waals surface area contributed by atoms with E-state index < -0.39 is 0 Å². The van der Waals surface area contributed by atoms with Crippen LogP contribution in [0.5, 0.6) is 0 Å². The predicted octanol–water partition coefficient (Wildman–Crippen LogP) is 13.2. The number of para-hydroxylation sites is 2. The molecule has 6 heteroatoms. The van der Waals surface area contributed by atoms with Gasteiger partial charge in [-0.05, 0) is 53.6 Å². The number of furan rings is 1. The summed E-state index contributed by atoms with van der Waals surface area (Å²) in [6.45, 7) is 0. The molecule has 0 radical (unpaired) electrons. The first-order valence-corrected chi connectivity index (χ1v) is 20.0. The zero-order valence-corrected chi connectivity index (χ0v) is 31.4. The molecule has 57 heavy (non-hydrogen) atoms. The van der Waals surface area contributed by atoms with Gasteiger partial charge in [0.15, 0.2) is 5.84 Å². The summed E-state index contributed by atoms with van der Waals surface area (Å²) in [5.41, 5.74) is 10.7. The summed E-state index contributed by atoms with van der Waals surface area (Å²) in [6, 6.07) is 64.3. The highest BCUT2D eigenvalue weighted by Crippen LogP contribution is 2.45. The van der Waals surface area contributed by atoms with Gasteiger partial charge in [-0.15, -0.1) is 11.3 Å². The summed E-state index contributed by atoms with van der Waals surface area (Å²) < 4.78 is 11.5. The molecule has 12 rings (SSSR count). The minimum Gasteiger partial charge on any atom is -0.456 e. The third-order valence-electron chi connectivity index (χ3n) is 11.3. The maximum Gasteiger partial charge on any atom is 0.159 e. The van der Waals surface area contributed by atoms with Gasteiger partial charge < -0.3 is 14.3 Å². The zero-order chi connectivity index (χ0) is 37.5. The largest absolute Gasteiger partial charge is 0.456 e. The number of hydrogen-bond acceptors (Lipinski definition) is 5. The number of benzene rings is 8. The number of thiophene rings is 1. The van der Waals surface area contributed by atoms with Gasteiger partial charge in [-0.25, -0.2) is 9.98 Å². The third-order valence-corrected chi connectivity index (χ3v) is 12.5. The summed E-state index contributed by atoms with van der Waals surface area (Å²) in [4.78, 5) is 10.2. The Kier molecular flexibility index (Phi) is 7.09. The fraction of sp³-hybridized carbons (Fsp3) is 0.0196. The minimum atomic E-state index is -0.383. The number of aliphatic imine (C=N–C) groups is 2. The lowest BCUT2D eigenvalue weighted by molar-refractivity contribution is 0.662. The molecule has 268 valence electrons. The van der Waals surface area contributed by atoms with E-state index in [1.807, 2.05) is 47.7 Å². The van der Waals surface area contributed by atoms with Crippen molar-refractivity contribution >= 4 is 86.9 Å². The molecule has 0 amide bonds. The molecule has 4 heterocycles. The molecule has 8 aromatic carbocycles. The molecule has 0 aliphatic carbocycles. The Bertz CT molecular complexity index is 3390. The zero-order valence-electron chi connectivity index (χ0n) is 30.6. The molecule has 1 N–H and O–H groups in total. The highest BCUT2D eigenvalue weighted by molar-refractivity contribution is 7.26. The van der Waals surface area contributed by atoms with Crippen LogP contribution in [0.2, 0.25) is 0 Å². The highest BCUT2D eigenvalue weighted by Gasteiger charge is 2.25. The fourth-order valence-corrected chi connectivity index (χ4v) is 10.0. The van der Waals surface area contributed by atoms with Crippen molar-refractivity contribution in [3.8, 4) is 16.8 Å². The average Bonchev–Trinajstić information content (AvgIpc) is 3.96. The van der Waals surface area contributed by atoms with E-state index >= 15 is 0 Å². The molecule has 0 fully saturated rings. The van der Waals surface area contributed by atoms with Crippen LogP contribution in [0, 0.1) is 0 Å². The van der Waals surface area contributed by atoms with Crippen molar-refractivity contribution < 1.29 is 4.42 Å². The van der Waals surface area contributed by atoms with Crippen LogP contribution in [0.1, 0.15) is 22.9 Å². The summed E-state index contributed by atoms with van der Waals surface area (Å²) >= 11 is 1.86. The van der Waals surface area contributed by atoms with Crippen molar-refractivity contribution in [2.75, 3.05) is 0 Å². The van der Waals surface area contributed by atoms with Crippen molar-refractivity contribution in [2.45, 2.75) is 6.17 Å². The lowest BCUT2D eigenvalue weighted by Gasteiger charge is -2.24. The Hall–Kier alpha value is -7.28. The first-order valence-electron chi connectivity index (χ1n) is 19.2. The summed E-state index contributed by atoms with van der Waals surface area (Å²) in [7, 11) is 0. The Labute approximate surface area is 331 Å². The molecule has 1 aliphatic rings. The van der Waals surface area contributed by atoms with Crippen molar-refractivity contribution in [1.29, 1.82) is 0 Å². The molecule has 3 aromatic heterocycles. The predicted molar refractivity (Wildman–Crippen MR) is 238 cm³/mol. The van der Waals surface area contributed by atoms with Crippen LogP contribution in [-0.2, 0) is 0 Å². The van der Waals surface area contributed by atoms with Crippen LogP contribution in [0.3, 0.4) is 0 Å². The quantitative estimate of drug-likeness (QED) is 0.191. The first kappa shape index (κ1) is 32.0. The Morgan fingerprint density at radius 3 is 2.00 bits per heavy atom. The molecule has 0 saturated heterocycles. The molecule has 0 bridgehead atoms. The Morgan fingerprint density at radius 1 is 0.526 bits per heavy atom. The van der Waals surface area contributed by atoms with Gasteiger partial charge in [0.25, 0.3) is 0 Å². The van der Waals surface area contributed by atoms with Gasteiger partial charge in [-0.2, -0.15) is 0 Å². The van der Waals surface area contributed by atoms with Crippen LogP contribution < -0.4 is 5.32 Å². The van der Waals surface area contributed by atoms with E-state index in [9.17, 15) is 0 Å². The third kappa shape index (κ3) is 5.01. The summed E-state index contributed by atoms with van der Waals surface area (Å²) in [6.07, 6.45) is -0.383. The fourth-order valence-electron chi connectivity index (χ4n) is 8.74. The molecule has 0 saturated carbocycles. The lowest BCUT2D eigenvalue weighted by Crippen LogP contribution is -2.33. The van der Waals surface area contributed by atoms with E-state index in [1.165, 1.54) is 53.2 Å². The van der Waals surface area contributed by atoms with Crippen LogP contribution in [0.15, 0.2) is 196 Å². The standard InChI is InChI=1S/C51H32N4OS/c1-3-14-31(15-4-1)49-52-50(32-16-5-2-6-17-32)54-51(53-49)38-22-12-26-44-46(38)39-30-33(28-29-43(39)56-44)34-20-11-21-37-47-42(25-13-27-45(47)57-48(34)37)55-40-23-9-7-18-35(40)36-19-8-10-24-41(36)55/h1-30,51H,(H,52,53,54). The van der Waals surface area contributed by atoms with Crippen LogP contribution >= 0.6 is 11.3 Å². The first-order chi connectivity index (χ1) is 28.3. The number of nitrogens with zero attached hydrogens (tertiary/aromatic N) is 3. The second-order valence-corrected chi connectivity index (χ2v) is 15.6. The Morgan fingerprint density at radius 2 is 1.21 bits per heavy atom. The maximum absolute atomic E-state index is 6.55. The van der Waals surface area contributed by atoms with Gasteiger partial charge in [-0.3, -0.25) is 0 Å². The number of aromatic nitrogens is 1. The molecule has 11 aromatic rings. The van der Waals surface area contributed by atoms with Gasteiger partial charge in [0.2, 0.25) is 0 Å². The van der Waals surface area contributed by atoms with Gasteiger partial charge in [0, 0.05) is 58.4 Å². The number of hydrogen-bond donors (Lipinski definition) is 1. The van der Waals surface area contributed by atoms with Crippen molar-refractivity contribution in [1.82, 2.24) is 9.88 Å². The molecule has 1 atom stereocenters. The highest BCUT2D eigenvalue weighted by atomic mass is 32.1. The molecular weight excluding hydrogens is 717 g/mol. The second kappa shape index (κ2) is 12.6. The summed E-state index contributed by atoms with van der Waals surface area (Å²) in [5, 5.41) is 10.8. The maximum atomic E-state index is 6.55. The van der Waals surface area contributed by atoms with E-state index in [0.717, 1.165) is 50.0 Å². The second-order valence-electron chi connectivity index (χ2n) is 14.5. The normalized spacial score (nSPS) is 14.5. The van der Waals surface area contributed by atoms with Crippen LogP contribution in [0.25, 0.3) is 80.7 Å². The molecule has 1 unspecified atom stereocenters.